The van der Waals surface area contributed by atoms with E-state index in [2.05, 4.69) is 5.32 Å². The zero-order valence-electron chi connectivity index (χ0n) is 11.8. The van der Waals surface area contributed by atoms with E-state index in [0.717, 1.165) is 23.2 Å². The first-order chi connectivity index (χ1) is 10.1. The first kappa shape index (κ1) is 16.4. The standard InChI is InChI=1S/C16H16Cl3NO/c1-3-21-16-8-14(18)12(7-15(16)19)10-4-5-11(9-20-2)13(17)6-10/h4-8,20H,3,9H2,1-2H3. The highest BCUT2D eigenvalue weighted by Crippen LogP contribution is 2.37. The highest BCUT2D eigenvalue weighted by molar-refractivity contribution is 6.36. The normalized spacial score (nSPS) is 10.7. The Hall–Kier alpha value is -0.930. The van der Waals surface area contributed by atoms with Gasteiger partial charge in [0.1, 0.15) is 5.75 Å². The average molecular weight is 345 g/mol. The zero-order valence-corrected chi connectivity index (χ0v) is 14.1. The molecule has 0 aliphatic rings. The van der Waals surface area contributed by atoms with Crippen LogP contribution in [0.4, 0.5) is 0 Å². The minimum Gasteiger partial charge on any atom is -0.492 e. The summed E-state index contributed by atoms with van der Waals surface area (Å²) in [6.07, 6.45) is 0. The molecular weight excluding hydrogens is 329 g/mol. The summed E-state index contributed by atoms with van der Waals surface area (Å²) >= 11 is 18.8. The van der Waals surface area contributed by atoms with Crippen LogP contribution in [0.3, 0.4) is 0 Å². The van der Waals surface area contributed by atoms with Gasteiger partial charge in [-0.3, -0.25) is 0 Å². The highest BCUT2D eigenvalue weighted by atomic mass is 35.5. The van der Waals surface area contributed by atoms with E-state index in [1.165, 1.54) is 0 Å². The molecule has 0 unspecified atom stereocenters. The Balaban J connectivity index is 2.42. The lowest BCUT2D eigenvalue weighted by Crippen LogP contribution is -2.05. The molecule has 0 heterocycles. The summed E-state index contributed by atoms with van der Waals surface area (Å²) in [6, 6.07) is 9.40. The third kappa shape index (κ3) is 3.83. The molecule has 0 saturated carbocycles. The molecule has 0 radical (unpaired) electrons. The summed E-state index contributed by atoms with van der Waals surface area (Å²) in [5.41, 5.74) is 2.80. The molecule has 21 heavy (non-hydrogen) atoms. The molecule has 0 amide bonds. The van der Waals surface area contributed by atoms with Crippen LogP contribution in [-0.2, 0) is 6.54 Å². The summed E-state index contributed by atoms with van der Waals surface area (Å²) in [6.45, 7) is 3.16. The Kier molecular flexibility index (Phi) is 5.77. The molecule has 0 atom stereocenters. The van der Waals surface area contributed by atoms with Crippen LogP contribution in [0.2, 0.25) is 15.1 Å². The first-order valence-electron chi connectivity index (χ1n) is 6.62. The molecule has 0 aliphatic carbocycles. The fraction of sp³-hybridized carbons (Fsp3) is 0.250. The molecule has 0 fully saturated rings. The molecule has 1 N–H and O–H groups in total. The molecule has 0 spiro atoms. The Labute approximate surface area is 140 Å². The van der Waals surface area contributed by atoms with Crippen molar-refractivity contribution in [1.82, 2.24) is 5.32 Å². The summed E-state index contributed by atoms with van der Waals surface area (Å²) in [5.74, 6) is 0.589. The number of hydrogen-bond acceptors (Lipinski definition) is 2. The predicted molar refractivity (Wildman–Crippen MR) is 90.8 cm³/mol. The molecule has 5 heteroatoms. The van der Waals surface area contributed by atoms with Gasteiger partial charge in [0.15, 0.2) is 0 Å². The van der Waals surface area contributed by atoms with E-state index in [0.29, 0.717) is 27.4 Å². The van der Waals surface area contributed by atoms with Crippen LogP contribution in [0.5, 0.6) is 5.75 Å². The molecule has 2 nitrogen and oxygen atoms in total. The van der Waals surface area contributed by atoms with Crippen molar-refractivity contribution in [1.29, 1.82) is 0 Å². The molecule has 2 aromatic carbocycles. The van der Waals surface area contributed by atoms with Crippen molar-refractivity contribution in [3.63, 3.8) is 0 Å². The largest absolute Gasteiger partial charge is 0.492 e. The van der Waals surface area contributed by atoms with Crippen molar-refractivity contribution in [3.8, 4) is 16.9 Å². The lowest BCUT2D eigenvalue weighted by molar-refractivity contribution is 0.340. The number of nitrogens with one attached hydrogen (secondary N) is 1. The maximum Gasteiger partial charge on any atom is 0.139 e. The molecule has 112 valence electrons. The monoisotopic (exact) mass is 343 g/mol. The number of hydrogen-bond donors (Lipinski definition) is 1. The van der Waals surface area contributed by atoms with E-state index in [9.17, 15) is 0 Å². The molecule has 0 aromatic heterocycles. The Morgan fingerprint density at radius 3 is 2.38 bits per heavy atom. The smallest absolute Gasteiger partial charge is 0.139 e. The zero-order chi connectivity index (χ0) is 15.4. The minimum atomic E-state index is 0.534. The van der Waals surface area contributed by atoms with Crippen LogP contribution in [0.15, 0.2) is 30.3 Å². The molecule has 0 aliphatic heterocycles. The van der Waals surface area contributed by atoms with Gasteiger partial charge in [0.25, 0.3) is 0 Å². The quantitative estimate of drug-likeness (QED) is 0.780. The molecule has 0 saturated heterocycles. The van der Waals surface area contributed by atoms with Crippen molar-refractivity contribution < 1.29 is 4.74 Å². The summed E-state index contributed by atoms with van der Waals surface area (Å²) in [7, 11) is 1.88. The van der Waals surface area contributed by atoms with Crippen molar-refractivity contribution in [3.05, 3.63) is 51.0 Å². The maximum atomic E-state index is 6.33. The molecular formula is C16H16Cl3NO. The Morgan fingerprint density at radius 2 is 1.76 bits per heavy atom. The molecule has 0 bridgehead atoms. The van der Waals surface area contributed by atoms with Gasteiger partial charge in [-0.15, -0.1) is 0 Å². The van der Waals surface area contributed by atoms with Gasteiger partial charge >= 0.3 is 0 Å². The van der Waals surface area contributed by atoms with Crippen molar-refractivity contribution in [2.75, 3.05) is 13.7 Å². The second-order valence-corrected chi connectivity index (χ2v) is 5.75. The third-order valence-electron chi connectivity index (χ3n) is 3.05. The van der Waals surface area contributed by atoms with Crippen molar-refractivity contribution >= 4 is 34.8 Å². The lowest BCUT2D eigenvalue weighted by Gasteiger charge is -2.12. The van der Waals surface area contributed by atoms with E-state index in [-0.39, 0.29) is 0 Å². The van der Waals surface area contributed by atoms with Gasteiger partial charge < -0.3 is 10.1 Å². The van der Waals surface area contributed by atoms with E-state index in [1.807, 2.05) is 32.2 Å². The summed E-state index contributed by atoms with van der Waals surface area (Å²) in [4.78, 5) is 0. The SMILES string of the molecule is CCOc1cc(Cl)c(-c2ccc(CNC)c(Cl)c2)cc1Cl. The van der Waals surface area contributed by atoms with Crippen molar-refractivity contribution in [2.45, 2.75) is 13.5 Å². The van der Waals surface area contributed by atoms with Crippen LogP contribution in [0.25, 0.3) is 11.1 Å². The Morgan fingerprint density at radius 1 is 1.00 bits per heavy atom. The van der Waals surface area contributed by atoms with Gasteiger partial charge in [0.2, 0.25) is 0 Å². The summed E-state index contributed by atoms with van der Waals surface area (Å²) in [5, 5.41) is 4.89. The topological polar surface area (TPSA) is 21.3 Å². The van der Waals surface area contributed by atoms with Gasteiger partial charge in [-0.1, -0.05) is 46.9 Å². The minimum absolute atomic E-state index is 0.534. The number of rotatable bonds is 5. The van der Waals surface area contributed by atoms with Crippen LogP contribution in [-0.4, -0.2) is 13.7 Å². The number of ether oxygens (including phenoxy) is 1. The maximum absolute atomic E-state index is 6.33. The molecule has 2 aromatic rings. The van der Waals surface area contributed by atoms with E-state index in [4.69, 9.17) is 39.5 Å². The lowest BCUT2D eigenvalue weighted by atomic mass is 10.0. The van der Waals surface area contributed by atoms with Crippen molar-refractivity contribution in [2.24, 2.45) is 0 Å². The van der Waals surface area contributed by atoms with Gasteiger partial charge in [-0.2, -0.15) is 0 Å². The number of benzene rings is 2. The predicted octanol–water partition coefficient (Wildman–Crippen LogP) is 5.43. The highest BCUT2D eigenvalue weighted by Gasteiger charge is 2.11. The van der Waals surface area contributed by atoms with E-state index < -0.39 is 0 Å². The van der Waals surface area contributed by atoms with Gasteiger partial charge in [0, 0.05) is 23.2 Å². The van der Waals surface area contributed by atoms with Crippen LogP contribution in [0.1, 0.15) is 12.5 Å². The fourth-order valence-corrected chi connectivity index (χ4v) is 2.79. The number of halogens is 3. The van der Waals surface area contributed by atoms with Gasteiger partial charge in [-0.25, -0.2) is 0 Å². The average Bonchev–Trinajstić information content (AvgIpc) is 2.45. The third-order valence-corrected chi connectivity index (χ3v) is 4.01. The van der Waals surface area contributed by atoms with Crippen LogP contribution >= 0.6 is 34.8 Å². The summed E-state index contributed by atoms with van der Waals surface area (Å²) < 4.78 is 5.43. The van der Waals surface area contributed by atoms with E-state index >= 15 is 0 Å². The first-order valence-corrected chi connectivity index (χ1v) is 7.75. The molecule has 2 rings (SSSR count). The van der Waals surface area contributed by atoms with Gasteiger partial charge in [-0.05, 0) is 37.2 Å². The van der Waals surface area contributed by atoms with Crippen LogP contribution < -0.4 is 10.1 Å². The Bertz CT molecular complexity index is 644. The van der Waals surface area contributed by atoms with Crippen LogP contribution in [0, 0.1) is 0 Å². The fourth-order valence-electron chi connectivity index (χ4n) is 2.06. The van der Waals surface area contributed by atoms with Gasteiger partial charge in [0.05, 0.1) is 16.7 Å². The van der Waals surface area contributed by atoms with E-state index in [1.54, 1.807) is 12.1 Å². The second kappa shape index (κ2) is 7.37. The second-order valence-electron chi connectivity index (χ2n) is 4.53.